The van der Waals surface area contributed by atoms with Crippen molar-refractivity contribution < 1.29 is 5.11 Å². The summed E-state index contributed by atoms with van der Waals surface area (Å²) in [5, 5.41) is 12.5. The quantitative estimate of drug-likeness (QED) is 0.839. The Morgan fingerprint density at radius 3 is 2.57 bits per heavy atom. The van der Waals surface area contributed by atoms with Gasteiger partial charge in [-0.2, -0.15) is 0 Å². The maximum atomic E-state index is 9.06. The molecule has 0 aromatic heterocycles. The molecule has 0 aliphatic carbocycles. The van der Waals surface area contributed by atoms with Gasteiger partial charge in [0.1, 0.15) is 0 Å². The number of aliphatic hydroxyl groups excluding tert-OH is 1. The van der Waals surface area contributed by atoms with Crippen LogP contribution in [-0.4, -0.2) is 55.9 Å². The van der Waals surface area contributed by atoms with Gasteiger partial charge in [0.15, 0.2) is 0 Å². The summed E-state index contributed by atoms with van der Waals surface area (Å²) in [5.41, 5.74) is 2.66. The van der Waals surface area contributed by atoms with Crippen LogP contribution in [0.3, 0.4) is 0 Å². The Labute approximate surface area is 128 Å². The predicted molar refractivity (Wildman–Crippen MR) is 88.9 cm³/mol. The molecule has 1 aromatic carbocycles. The van der Waals surface area contributed by atoms with E-state index in [4.69, 9.17) is 5.11 Å². The van der Waals surface area contributed by atoms with Gasteiger partial charge in [0.05, 0.1) is 6.61 Å². The molecule has 1 atom stereocenters. The van der Waals surface area contributed by atoms with Gasteiger partial charge in [-0.15, -0.1) is 0 Å². The molecule has 1 heterocycles. The maximum Gasteiger partial charge on any atom is 0.0558 e. The minimum atomic E-state index is 0.261. The van der Waals surface area contributed by atoms with E-state index in [1.54, 1.807) is 0 Å². The second-order valence-electron chi connectivity index (χ2n) is 5.78. The average molecular weight is 291 g/mol. The molecule has 1 fully saturated rings. The zero-order valence-electron chi connectivity index (χ0n) is 13.4. The Morgan fingerprint density at radius 2 is 1.90 bits per heavy atom. The molecule has 1 saturated heterocycles. The average Bonchev–Trinajstić information content (AvgIpc) is 2.74. The van der Waals surface area contributed by atoms with Crippen molar-refractivity contribution >= 4 is 5.69 Å². The van der Waals surface area contributed by atoms with Crippen LogP contribution in [-0.2, 0) is 0 Å². The van der Waals surface area contributed by atoms with E-state index in [0.717, 1.165) is 45.7 Å². The molecular formula is C17H29N3O. The topological polar surface area (TPSA) is 38.7 Å². The van der Waals surface area contributed by atoms with Crippen LogP contribution < -0.4 is 10.2 Å². The molecular weight excluding hydrogens is 262 g/mol. The summed E-state index contributed by atoms with van der Waals surface area (Å²) in [6.45, 7) is 10.7. The normalized spacial score (nSPS) is 18.5. The molecule has 0 amide bonds. The minimum absolute atomic E-state index is 0.261. The van der Waals surface area contributed by atoms with Gasteiger partial charge < -0.3 is 15.3 Å². The van der Waals surface area contributed by atoms with Crippen molar-refractivity contribution in [3.63, 3.8) is 0 Å². The fourth-order valence-corrected chi connectivity index (χ4v) is 2.99. The summed E-state index contributed by atoms with van der Waals surface area (Å²) in [7, 11) is 0. The fourth-order valence-electron chi connectivity index (χ4n) is 2.99. The Hall–Kier alpha value is -1.10. The highest BCUT2D eigenvalue weighted by Gasteiger charge is 2.15. The van der Waals surface area contributed by atoms with E-state index in [2.05, 4.69) is 53.2 Å². The molecule has 0 saturated carbocycles. The minimum Gasteiger partial charge on any atom is -0.395 e. The number of nitrogens with zero attached hydrogens (tertiary/aromatic N) is 2. The number of hydrogen-bond donors (Lipinski definition) is 2. The lowest BCUT2D eigenvalue weighted by Gasteiger charge is -2.24. The molecule has 0 radical (unpaired) electrons. The van der Waals surface area contributed by atoms with Gasteiger partial charge in [-0.1, -0.05) is 19.1 Å². The SMILES string of the molecule is CCNC(C)c1ccc(N2CCCN(CCO)CC2)cc1. The van der Waals surface area contributed by atoms with Crippen LogP contribution in [0.5, 0.6) is 0 Å². The molecule has 118 valence electrons. The van der Waals surface area contributed by atoms with E-state index in [1.807, 2.05) is 0 Å². The van der Waals surface area contributed by atoms with E-state index in [0.29, 0.717) is 6.04 Å². The van der Waals surface area contributed by atoms with Crippen molar-refractivity contribution in [2.24, 2.45) is 0 Å². The molecule has 2 rings (SSSR count). The molecule has 1 aliphatic rings. The highest BCUT2D eigenvalue weighted by molar-refractivity contribution is 5.48. The lowest BCUT2D eigenvalue weighted by molar-refractivity contribution is 0.204. The second kappa shape index (κ2) is 8.37. The summed E-state index contributed by atoms with van der Waals surface area (Å²) in [5.74, 6) is 0. The third-order valence-electron chi connectivity index (χ3n) is 4.27. The van der Waals surface area contributed by atoms with Crippen LogP contribution in [0.4, 0.5) is 5.69 Å². The highest BCUT2D eigenvalue weighted by Crippen LogP contribution is 2.20. The smallest absolute Gasteiger partial charge is 0.0558 e. The van der Waals surface area contributed by atoms with Gasteiger partial charge in [0.25, 0.3) is 0 Å². The van der Waals surface area contributed by atoms with Crippen LogP contribution in [0.25, 0.3) is 0 Å². The van der Waals surface area contributed by atoms with Crippen molar-refractivity contribution in [2.75, 3.05) is 50.8 Å². The van der Waals surface area contributed by atoms with Crippen LogP contribution in [0.1, 0.15) is 31.9 Å². The molecule has 0 spiro atoms. The van der Waals surface area contributed by atoms with Gasteiger partial charge in [0, 0.05) is 37.9 Å². The van der Waals surface area contributed by atoms with E-state index in [9.17, 15) is 0 Å². The van der Waals surface area contributed by atoms with Crippen molar-refractivity contribution in [2.45, 2.75) is 26.3 Å². The molecule has 1 aromatic rings. The monoisotopic (exact) mass is 291 g/mol. The van der Waals surface area contributed by atoms with Crippen LogP contribution in [0.2, 0.25) is 0 Å². The standard InChI is InChI=1S/C17H29N3O/c1-3-18-15(2)16-5-7-17(8-6-16)20-10-4-9-19(11-12-20)13-14-21/h5-8,15,18,21H,3-4,9-14H2,1-2H3. The van der Waals surface area contributed by atoms with Gasteiger partial charge in [0.2, 0.25) is 0 Å². The van der Waals surface area contributed by atoms with Crippen LogP contribution in [0.15, 0.2) is 24.3 Å². The number of aliphatic hydroxyl groups is 1. The first-order valence-corrected chi connectivity index (χ1v) is 8.16. The number of anilines is 1. The van der Waals surface area contributed by atoms with E-state index >= 15 is 0 Å². The van der Waals surface area contributed by atoms with Gasteiger partial charge in [-0.05, 0) is 44.1 Å². The first-order valence-electron chi connectivity index (χ1n) is 8.16. The summed E-state index contributed by atoms with van der Waals surface area (Å²) in [6, 6.07) is 9.36. The largest absolute Gasteiger partial charge is 0.395 e. The Kier molecular flexibility index (Phi) is 6.49. The van der Waals surface area contributed by atoms with Gasteiger partial charge >= 0.3 is 0 Å². The zero-order chi connectivity index (χ0) is 15.1. The van der Waals surface area contributed by atoms with Crippen molar-refractivity contribution in [1.82, 2.24) is 10.2 Å². The summed E-state index contributed by atoms with van der Waals surface area (Å²) in [4.78, 5) is 4.81. The first kappa shape index (κ1) is 16.3. The molecule has 4 nitrogen and oxygen atoms in total. The molecule has 1 unspecified atom stereocenters. The number of β-amino-alcohol motifs (C(OH)–C–C–N with tert-alkyl or cyclic N) is 1. The first-order chi connectivity index (χ1) is 10.2. The molecule has 21 heavy (non-hydrogen) atoms. The van der Waals surface area contributed by atoms with Crippen molar-refractivity contribution in [1.29, 1.82) is 0 Å². The lowest BCUT2D eigenvalue weighted by Crippen LogP contribution is -2.32. The van der Waals surface area contributed by atoms with E-state index < -0.39 is 0 Å². The van der Waals surface area contributed by atoms with E-state index in [1.165, 1.54) is 11.3 Å². The molecule has 0 bridgehead atoms. The Balaban J connectivity index is 1.95. The summed E-state index contributed by atoms with van der Waals surface area (Å²) < 4.78 is 0. The van der Waals surface area contributed by atoms with Crippen LogP contribution >= 0.6 is 0 Å². The van der Waals surface area contributed by atoms with Gasteiger partial charge in [-0.25, -0.2) is 0 Å². The number of benzene rings is 1. The summed E-state index contributed by atoms with van der Waals surface area (Å²) >= 11 is 0. The zero-order valence-corrected chi connectivity index (χ0v) is 13.4. The second-order valence-corrected chi connectivity index (χ2v) is 5.78. The summed E-state index contributed by atoms with van der Waals surface area (Å²) in [6.07, 6.45) is 1.16. The Bertz CT molecular complexity index is 407. The third kappa shape index (κ3) is 4.70. The predicted octanol–water partition coefficient (Wildman–Crippen LogP) is 1.86. The number of rotatable bonds is 6. The third-order valence-corrected chi connectivity index (χ3v) is 4.27. The van der Waals surface area contributed by atoms with Crippen molar-refractivity contribution in [3.05, 3.63) is 29.8 Å². The molecule has 2 N–H and O–H groups in total. The molecule has 1 aliphatic heterocycles. The maximum absolute atomic E-state index is 9.06. The number of nitrogens with one attached hydrogen (secondary N) is 1. The van der Waals surface area contributed by atoms with Crippen LogP contribution in [0, 0.1) is 0 Å². The highest BCUT2D eigenvalue weighted by atomic mass is 16.3. The lowest BCUT2D eigenvalue weighted by atomic mass is 10.1. The van der Waals surface area contributed by atoms with E-state index in [-0.39, 0.29) is 6.61 Å². The van der Waals surface area contributed by atoms with Gasteiger partial charge in [-0.3, -0.25) is 4.90 Å². The van der Waals surface area contributed by atoms with Crippen molar-refractivity contribution in [3.8, 4) is 0 Å². The Morgan fingerprint density at radius 1 is 1.14 bits per heavy atom. The fraction of sp³-hybridized carbons (Fsp3) is 0.647. The molecule has 4 heteroatoms. The number of hydrogen-bond acceptors (Lipinski definition) is 4.